The van der Waals surface area contributed by atoms with E-state index in [4.69, 9.17) is 4.74 Å². The van der Waals surface area contributed by atoms with E-state index in [-0.39, 0.29) is 6.61 Å². The molecule has 0 radical (unpaired) electrons. The first kappa shape index (κ1) is 22.4. The minimum Gasteiger partial charge on any atom is -0.490 e. The molecule has 1 unspecified atom stereocenters. The van der Waals surface area contributed by atoms with Crippen molar-refractivity contribution in [2.45, 2.75) is 18.7 Å². The molecular weight excluding hydrogens is 419 g/mol. The summed E-state index contributed by atoms with van der Waals surface area (Å²) in [6.45, 7) is 3.48. The summed E-state index contributed by atoms with van der Waals surface area (Å²) < 4.78 is 44.2. The van der Waals surface area contributed by atoms with Gasteiger partial charge in [0.25, 0.3) is 0 Å². The lowest BCUT2D eigenvalue weighted by atomic mass is 10.1. The number of fused-ring (bicyclic) bond motifs is 1. The van der Waals surface area contributed by atoms with E-state index in [0.717, 1.165) is 41.8 Å². The Morgan fingerprint density at radius 1 is 0.969 bits per heavy atom. The molecule has 0 aliphatic carbocycles. The smallest absolute Gasteiger partial charge is 0.417 e. The van der Waals surface area contributed by atoms with Crippen LogP contribution in [0.3, 0.4) is 0 Å². The quantitative estimate of drug-likeness (QED) is 0.616. The van der Waals surface area contributed by atoms with Crippen molar-refractivity contribution in [3.63, 3.8) is 0 Å². The summed E-state index contributed by atoms with van der Waals surface area (Å²) in [5, 5.41) is 12.6. The summed E-state index contributed by atoms with van der Waals surface area (Å²) in [6, 6.07) is 16.3. The van der Waals surface area contributed by atoms with Crippen molar-refractivity contribution in [2.24, 2.45) is 0 Å². The Hall–Kier alpha value is -2.84. The first-order chi connectivity index (χ1) is 15.4. The van der Waals surface area contributed by atoms with Gasteiger partial charge in [-0.25, -0.2) is 4.98 Å². The lowest BCUT2D eigenvalue weighted by Crippen LogP contribution is -2.38. The van der Waals surface area contributed by atoms with Gasteiger partial charge in [-0.3, -0.25) is 4.90 Å². The van der Waals surface area contributed by atoms with Crippen molar-refractivity contribution in [1.29, 1.82) is 0 Å². The van der Waals surface area contributed by atoms with Gasteiger partial charge in [0.2, 0.25) is 0 Å². The first-order valence-electron chi connectivity index (χ1n) is 10.7. The second kappa shape index (κ2) is 9.75. The van der Waals surface area contributed by atoms with E-state index in [0.29, 0.717) is 32.0 Å². The molecule has 1 aliphatic rings. The average Bonchev–Trinajstić information content (AvgIpc) is 3.03. The Bertz CT molecular complexity index is 1020. The van der Waals surface area contributed by atoms with Crippen LogP contribution in [-0.2, 0) is 6.18 Å². The topological polar surface area (TPSA) is 48.8 Å². The molecule has 2 aromatic carbocycles. The number of benzene rings is 2. The number of rotatable bonds is 6. The molecule has 1 N–H and O–H groups in total. The lowest BCUT2D eigenvalue weighted by Gasteiger charge is -2.24. The van der Waals surface area contributed by atoms with Crippen molar-refractivity contribution in [2.75, 3.05) is 44.2 Å². The second-order valence-corrected chi connectivity index (χ2v) is 7.99. The SMILES string of the molecule is OC(COc1cccc2ccccc12)CN1CCCN(c2ccc(C(F)(F)F)cn2)CC1. The van der Waals surface area contributed by atoms with Crippen molar-refractivity contribution in [1.82, 2.24) is 9.88 Å². The summed E-state index contributed by atoms with van der Waals surface area (Å²) in [5.74, 6) is 1.29. The Balaban J connectivity index is 1.29. The average molecular weight is 445 g/mol. The fourth-order valence-electron chi connectivity index (χ4n) is 3.98. The summed E-state index contributed by atoms with van der Waals surface area (Å²) in [7, 11) is 0. The number of alkyl halides is 3. The molecule has 5 nitrogen and oxygen atoms in total. The molecule has 0 saturated carbocycles. The highest BCUT2D eigenvalue weighted by atomic mass is 19.4. The van der Waals surface area contributed by atoms with Gasteiger partial charge in [0.1, 0.15) is 24.3 Å². The Morgan fingerprint density at radius 2 is 1.78 bits per heavy atom. The van der Waals surface area contributed by atoms with E-state index in [1.807, 2.05) is 47.4 Å². The maximum atomic E-state index is 12.8. The number of aromatic nitrogens is 1. The standard InChI is InChI=1S/C24H26F3N3O2/c25-24(26,27)19-9-10-23(28-15-19)30-12-4-11-29(13-14-30)16-20(31)17-32-22-8-3-6-18-5-1-2-7-21(18)22/h1-3,5-10,15,20,31H,4,11-14,16-17H2. The zero-order valence-corrected chi connectivity index (χ0v) is 17.6. The van der Waals surface area contributed by atoms with Gasteiger partial charge in [0.15, 0.2) is 0 Å². The zero-order chi connectivity index (χ0) is 22.6. The van der Waals surface area contributed by atoms with E-state index in [1.165, 1.54) is 6.07 Å². The predicted octanol–water partition coefficient (Wildman–Crippen LogP) is 4.21. The monoisotopic (exact) mass is 445 g/mol. The number of anilines is 1. The zero-order valence-electron chi connectivity index (χ0n) is 17.6. The molecule has 0 spiro atoms. The van der Waals surface area contributed by atoms with E-state index in [1.54, 1.807) is 0 Å². The molecule has 1 atom stereocenters. The van der Waals surface area contributed by atoms with Crippen LogP contribution in [0.4, 0.5) is 19.0 Å². The largest absolute Gasteiger partial charge is 0.490 e. The van der Waals surface area contributed by atoms with Crippen molar-refractivity contribution < 1.29 is 23.0 Å². The van der Waals surface area contributed by atoms with Crippen molar-refractivity contribution >= 4 is 16.6 Å². The predicted molar refractivity (Wildman–Crippen MR) is 118 cm³/mol. The highest BCUT2D eigenvalue weighted by Gasteiger charge is 2.31. The lowest BCUT2D eigenvalue weighted by molar-refractivity contribution is -0.137. The van der Waals surface area contributed by atoms with Crippen molar-refractivity contribution in [3.8, 4) is 5.75 Å². The molecule has 1 aromatic heterocycles. The van der Waals surface area contributed by atoms with Crippen LogP contribution in [0.5, 0.6) is 5.75 Å². The van der Waals surface area contributed by atoms with Gasteiger partial charge in [-0.05, 0) is 36.6 Å². The van der Waals surface area contributed by atoms with Crippen LogP contribution in [0.25, 0.3) is 10.8 Å². The molecule has 170 valence electrons. The Morgan fingerprint density at radius 3 is 2.56 bits per heavy atom. The summed E-state index contributed by atoms with van der Waals surface area (Å²) >= 11 is 0. The molecule has 1 saturated heterocycles. The van der Waals surface area contributed by atoms with Gasteiger partial charge in [-0.2, -0.15) is 13.2 Å². The van der Waals surface area contributed by atoms with E-state index >= 15 is 0 Å². The molecule has 0 bridgehead atoms. The fraction of sp³-hybridized carbons (Fsp3) is 0.375. The Kier molecular flexibility index (Phi) is 6.81. The summed E-state index contributed by atoms with van der Waals surface area (Å²) in [6.07, 6.45) is -3.32. The number of ether oxygens (including phenoxy) is 1. The van der Waals surface area contributed by atoms with Crippen molar-refractivity contribution in [3.05, 3.63) is 66.4 Å². The molecule has 2 heterocycles. The number of hydrogen-bond acceptors (Lipinski definition) is 5. The van der Waals surface area contributed by atoms with E-state index in [2.05, 4.69) is 9.88 Å². The maximum absolute atomic E-state index is 12.8. The highest BCUT2D eigenvalue weighted by molar-refractivity contribution is 5.88. The summed E-state index contributed by atoms with van der Waals surface area (Å²) in [5.41, 5.74) is -0.744. The number of nitrogens with zero attached hydrogens (tertiary/aromatic N) is 3. The fourth-order valence-corrected chi connectivity index (χ4v) is 3.98. The van der Waals surface area contributed by atoms with Gasteiger partial charge in [-0.15, -0.1) is 0 Å². The normalized spacial score (nSPS) is 16.7. The van der Waals surface area contributed by atoms with E-state index in [9.17, 15) is 18.3 Å². The molecule has 32 heavy (non-hydrogen) atoms. The van der Waals surface area contributed by atoms with Gasteiger partial charge in [-0.1, -0.05) is 36.4 Å². The summed E-state index contributed by atoms with van der Waals surface area (Å²) in [4.78, 5) is 8.14. The third-order valence-electron chi connectivity index (χ3n) is 5.64. The van der Waals surface area contributed by atoms with Gasteiger partial charge in [0, 0.05) is 37.8 Å². The minimum atomic E-state index is -4.38. The van der Waals surface area contributed by atoms with Crippen LogP contribution in [-0.4, -0.2) is 60.4 Å². The van der Waals surface area contributed by atoms with Crippen LogP contribution in [0.15, 0.2) is 60.8 Å². The van der Waals surface area contributed by atoms with Crippen LogP contribution in [0, 0.1) is 0 Å². The number of aliphatic hydroxyl groups excluding tert-OH is 1. The highest BCUT2D eigenvalue weighted by Crippen LogP contribution is 2.29. The van der Waals surface area contributed by atoms with Crippen LogP contribution in [0.1, 0.15) is 12.0 Å². The van der Waals surface area contributed by atoms with Gasteiger partial charge < -0.3 is 14.7 Å². The second-order valence-electron chi connectivity index (χ2n) is 7.99. The number of β-amino-alcohol motifs (C(OH)–C–C–N with tert-alkyl or cyclic N) is 1. The number of halogens is 3. The molecular formula is C24H26F3N3O2. The molecule has 3 aromatic rings. The van der Waals surface area contributed by atoms with E-state index < -0.39 is 17.8 Å². The number of pyridine rings is 1. The van der Waals surface area contributed by atoms with Gasteiger partial charge in [0.05, 0.1) is 5.56 Å². The number of hydrogen-bond donors (Lipinski definition) is 1. The first-order valence-corrected chi connectivity index (χ1v) is 10.7. The molecule has 4 rings (SSSR count). The maximum Gasteiger partial charge on any atom is 0.417 e. The molecule has 1 aliphatic heterocycles. The van der Waals surface area contributed by atoms with Crippen LogP contribution < -0.4 is 9.64 Å². The van der Waals surface area contributed by atoms with Crippen LogP contribution >= 0.6 is 0 Å². The number of aliphatic hydroxyl groups is 1. The third kappa shape index (κ3) is 5.49. The third-order valence-corrected chi connectivity index (χ3v) is 5.64. The molecule has 0 amide bonds. The Labute approximate surface area is 185 Å². The molecule has 1 fully saturated rings. The van der Waals surface area contributed by atoms with Gasteiger partial charge >= 0.3 is 6.18 Å². The molecule has 8 heteroatoms. The minimum absolute atomic E-state index is 0.189. The van der Waals surface area contributed by atoms with Crippen LogP contribution in [0.2, 0.25) is 0 Å².